The van der Waals surface area contributed by atoms with E-state index in [1.54, 1.807) is 17.6 Å². The molecule has 0 saturated heterocycles. The van der Waals surface area contributed by atoms with Crippen molar-refractivity contribution in [2.75, 3.05) is 12.4 Å². The van der Waals surface area contributed by atoms with Gasteiger partial charge in [-0.3, -0.25) is 4.79 Å². The largest absolute Gasteiger partial charge is 0.465 e. The Kier molecular flexibility index (Phi) is 4.64. The first-order chi connectivity index (χ1) is 12.1. The van der Waals surface area contributed by atoms with Gasteiger partial charge in [-0.2, -0.15) is 5.26 Å². The van der Waals surface area contributed by atoms with Gasteiger partial charge in [0.15, 0.2) is 0 Å². The van der Waals surface area contributed by atoms with Gasteiger partial charge in [0.05, 0.1) is 12.8 Å². The second-order valence-electron chi connectivity index (χ2n) is 5.07. The van der Waals surface area contributed by atoms with E-state index in [4.69, 9.17) is 0 Å². The predicted molar refractivity (Wildman–Crippen MR) is 96.2 cm³/mol. The lowest BCUT2D eigenvalue weighted by Gasteiger charge is -2.05. The van der Waals surface area contributed by atoms with Gasteiger partial charge in [0.2, 0.25) is 0 Å². The van der Waals surface area contributed by atoms with Crippen molar-refractivity contribution < 1.29 is 14.3 Å². The van der Waals surface area contributed by atoms with E-state index in [9.17, 15) is 14.9 Å². The second-order valence-corrected chi connectivity index (χ2v) is 5.98. The van der Waals surface area contributed by atoms with Crippen LogP contribution in [0.1, 0.15) is 15.2 Å². The number of rotatable bonds is 4. The second kappa shape index (κ2) is 7.03. The fourth-order valence-electron chi connectivity index (χ4n) is 2.39. The number of ether oxygens (including phenoxy) is 1. The molecule has 0 aliphatic rings. The number of amides is 1. The molecule has 1 aromatic carbocycles. The molecular formula is C18H13N3O3S. The van der Waals surface area contributed by atoms with E-state index in [0.29, 0.717) is 5.69 Å². The van der Waals surface area contributed by atoms with Crippen molar-refractivity contribution >= 4 is 45.9 Å². The highest BCUT2D eigenvalue weighted by molar-refractivity contribution is 7.12. The standard InChI is InChI=1S/C18H13N3O3S/c1-24-18(23)16-15(6-8-25-16)21-17(22)12(10-19)9-11-3-2-4-14-13(11)5-7-20-14/h2-9,20H,1H3,(H,21,22)/b12-9+. The Labute approximate surface area is 147 Å². The van der Waals surface area contributed by atoms with Crippen molar-refractivity contribution in [1.82, 2.24) is 4.98 Å². The predicted octanol–water partition coefficient (Wildman–Crippen LogP) is 3.56. The van der Waals surface area contributed by atoms with Crippen LogP contribution in [0.5, 0.6) is 0 Å². The van der Waals surface area contributed by atoms with E-state index in [2.05, 4.69) is 15.0 Å². The lowest BCUT2D eigenvalue weighted by Crippen LogP contribution is -2.15. The Bertz CT molecular complexity index is 1020. The lowest BCUT2D eigenvalue weighted by molar-refractivity contribution is -0.112. The SMILES string of the molecule is COC(=O)c1sccc1NC(=O)/C(C#N)=C/c1cccc2[nH]ccc12. The normalized spacial score (nSPS) is 11.1. The summed E-state index contributed by atoms with van der Waals surface area (Å²) >= 11 is 1.15. The molecule has 0 radical (unpaired) electrons. The Hall–Kier alpha value is -3.37. The maximum absolute atomic E-state index is 12.4. The molecule has 2 aromatic heterocycles. The van der Waals surface area contributed by atoms with Crippen molar-refractivity contribution in [2.24, 2.45) is 0 Å². The number of anilines is 1. The first-order valence-electron chi connectivity index (χ1n) is 7.29. The highest BCUT2D eigenvalue weighted by atomic mass is 32.1. The maximum atomic E-state index is 12.4. The number of carbonyl (C=O) groups excluding carboxylic acids is 2. The number of carbonyl (C=O) groups is 2. The summed E-state index contributed by atoms with van der Waals surface area (Å²) in [5, 5.41) is 14.5. The summed E-state index contributed by atoms with van der Waals surface area (Å²) in [6, 6.07) is 11.0. The number of thiophene rings is 1. The molecule has 2 N–H and O–H groups in total. The van der Waals surface area contributed by atoms with Gasteiger partial charge < -0.3 is 15.0 Å². The number of fused-ring (bicyclic) bond motifs is 1. The molecule has 1 amide bonds. The number of H-pyrrole nitrogens is 1. The van der Waals surface area contributed by atoms with Crippen LogP contribution < -0.4 is 5.32 Å². The molecule has 0 atom stereocenters. The molecule has 124 valence electrons. The monoisotopic (exact) mass is 351 g/mol. The smallest absolute Gasteiger partial charge is 0.350 e. The number of esters is 1. The van der Waals surface area contributed by atoms with Crippen LogP contribution in [0.2, 0.25) is 0 Å². The van der Waals surface area contributed by atoms with Crippen LogP contribution in [-0.2, 0) is 9.53 Å². The number of nitrogens with zero attached hydrogens (tertiary/aromatic N) is 1. The number of nitriles is 1. The third-order valence-corrected chi connectivity index (χ3v) is 4.47. The van der Waals surface area contributed by atoms with Gasteiger partial charge in [-0.15, -0.1) is 11.3 Å². The summed E-state index contributed by atoms with van der Waals surface area (Å²) in [6.45, 7) is 0. The zero-order chi connectivity index (χ0) is 17.8. The minimum absolute atomic E-state index is 0.0595. The molecule has 3 rings (SSSR count). The number of hydrogen-bond donors (Lipinski definition) is 2. The van der Waals surface area contributed by atoms with Crippen LogP contribution in [0.15, 0.2) is 47.5 Å². The Morgan fingerprint density at radius 2 is 2.16 bits per heavy atom. The summed E-state index contributed by atoms with van der Waals surface area (Å²) in [6.07, 6.45) is 3.32. The molecule has 0 fully saturated rings. The van der Waals surface area contributed by atoms with Gasteiger partial charge in [-0.05, 0) is 35.2 Å². The van der Waals surface area contributed by atoms with Crippen LogP contribution >= 0.6 is 11.3 Å². The third kappa shape index (κ3) is 3.29. The van der Waals surface area contributed by atoms with Gasteiger partial charge in [0, 0.05) is 17.1 Å². The Morgan fingerprint density at radius 3 is 2.92 bits per heavy atom. The molecule has 0 spiro atoms. The number of nitrogens with one attached hydrogen (secondary N) is 2. The number of aromatic nitrogens is 1. The molecule has 25 heavy (non-hydrogen) atoms. The van der Waals surface area contributed by atoms with E-state index < -0.39 is 11.9 Å². The lowest BCUT2D eigenvalue weighted by atomic mass is 10.1. The number of hydrogen-bond acceptors (Lipinski definition) is 5. The van der Waals surface area contributed by atoms with Crippen LogP contribution in [0, 0.1) is 11.3 Å². The molecule has 0 aliphatic heterocycles. The van der Waals surface area contributed by atoms with E-state index in [0.717, 1.165) is 27.8 Å². The molecule has 6 nitrogen and oxygen atoms in total. The van der Waals surface area contributed by atoms with Gasteiger partial charge in [-0.25, -0.2) is 4.79 Å². The molecule has 7 heteroatoms. The van der Waals surface area contributed by atoms with Crippen LogP contribution in [0.25, 0.3) is 17.0 Å². The summed E-state index contributed by atoms with van der Waals surface area (Å²) in [5.74, 6) is -1.12. The summed E-state index contributed by atoms with van der Waals surface area (Å²) < 4.78 is 4.68. The summed E-state index contributed by atoms with van der Waals surface area (Å²) in [5.41, 5.74) is 1.93. The van der Waals surface area contributed by atoms with Crippen molar-refractivity contribution in [3.05, 3.63) is 57.9 Å². The van der Waals surface area contributed by atoms with Crippen LogP contribution in [0.4, 0.5) is 5.69 Å². The van der Waals surface area contributed by atoms with Crippen molar-refractivity contribution in [1.29, 1.82) is 5.26 Å². The van der Waals surface area contributed by atoms with Gasteiger partial charge in [0.25, 0.3) is 5.91 Å². The highest BCUT2D eigenvalue weighted by Crippen LogP contribution is 2.24. The minimum atomic E-state index is -0.585. The number of methoxy groups -OCH3 is 1. The van der Waals surface area contributed by atoms with Crippen molar-refractivity contribution in [3.8, 4) is 6.07 Å². The van der Waals surface area contributed by atoms with Crippen LogP contribution in [0.3, 0.4) is 0 Å². The fourth-order valence-corrected chi connectivity index (χ4v) is 3.15. The zero-order valence-electron chi connectivity index (χ0n) is 13.2. The Balaban J connectivity index is 1.90. The summed E-state index contributed by atoms with van der Waals surface area (Å²) in [4.78, 5) is 27.5. The Morgan fingerprint density at radius 1 is 1.32 bits per heavy atom. The van der Waals surface area contributed by atoms with E-state index in [1.807, 2.05) is 30.3 Å². The molecule has 0 bridgehead atoms. The molecule has 3 aromatic rings. The molecule has 0 saturated carbocycles. The first-order valence-corrected chi connectivity index (χ1v) is 8.17. The fraction of sp³-hybridized carbons (Fsp3) is 0.0556. The molecular weight excluding hydrogens is 338 g/mol. The summed E-state index contributed by atoms with van der Waals surface area (Å²) in [7, 11) is 1.27. The number of aromatic amines is 1. The third-order valence-electron chi connectivity index (χ3n) is 3.58. The average Bonchev–Trinajstić information content (AvgIpc) is 3.28. The number of benzene rings is 1. The van der Waals surface area contributed by atoms with E-state index in [-0.39, 0.29) is 10.5 Å². The van der Waals surface area contributed by atoms with E-state index >= 15 is 0 Å². The van der Waals surface area contributed by atoms with Crippen molar-refractivity contribution in [3.63, 3.8) is 0 Å². The van der Waals surface area contributed by atoms with Crippen molar-refractivity contribution in [2.45, 2.75) is 0 Å². The quantitative estimate of drug-likeness (QED) is 0.427. The maximum Gasteiger partial charge on any atom is 0.350 e. The highest BCUT2D eigenvalue weighted by Gasteiger charge is 2.17. The molecule has 0 aliphatic carbocycles. The zero-order valence-corrected chi connectivity index (χ0v) is 14.0. The first kappa shape index (κ1) is 16.5. The topological polar surface area (TPSA) is 95.0 Å². The molecule has 0 unspecified atom stereocenters. The van der Waals surface area contributed by atoms with Crippen LogP contribution in [-0.4, -0.2) is 24.0 Å². The molecule has 2 heterocycles. The van der Waals surface area contributed by atoms with Gasteiger partial charge >= 0.3 is 5.97 Å². The average molecular weight is 351 g/mol. The van der Waals surface area contributed by atoms with Gasteiger partial charge in [-0.1, -0.05) is 12.1 Å². The minimum Gasteiger partial charge on any atom is -0.465 e. The van der Waals surface area contributed by atoms with Gasteiger partial charge in [0.1, 0.15) is 16.5 Å². The van der Waals surface area contributed by atoms with E-state index in [1.165, 1.54) is 13.2 Å².